The first-order valence-corrected chi connectivity index (χ1v) is 5.10. The average Bonchev–Trinajstić information content (AvgIpc) is 2.16. The number of pyridine rings is 1. The van der Waals surface area contributed by atoms with Gasteiger partial charge < -0.3 is 4.74 Å². The van der Waals surface area contributed by atoms with E-state index < -0.39 is 33.1 Å². The fourth-order valence-electron chi connectivity index (χ4n) is 1.04. The molecule has 0 bridgehead atoms. The van der Waals surface area contributed by atoms with E-state index in [4.69, 9.17) is 0 Å². The smallest absolute Gasteiger partial charge is 0.403 e. The Kier molecular flexibility index (Phi) is 4.08. The maximum atomic E-state index is 12.6. The lowest BCUT2D eigenvalue weighted by Crippen LogP contribution is -2.20. The number of carbonyl (C=O) groups excluding carboxylic acids is 1. The Bertz CT molecular complexity index is 470. The van der Waals surface area contributed by atoms with Gasteiger partial charge in [0.2, 0.25) is 0 Å². The van der Waals surface area contributed by atoms with Gasteiger partial charge in [-0.3, -0.25) is 4.79 Å². The van der Waals surface area contributed by atoms with Crippen molar-refractivity contribution in [2.75, 3.05) is 0 Å². The molecule has 3 nitrogen and oxygen atoms in total. The quantitative estimate of drug-likeness (QED) is 0.445. The molecule has 0 N–H and O–H groups in total. The van der Waals surface area contributed by atoms with Crippen molar-refractivity contribution >= 4 is 28.9 Å². The number of ether oxygens (including phenoxy) is 1. The number of hydrogen-bond donors (Lipinski definition) is 0. The highest BCUT2D eigenvalue weighted by Gasteiger charge is 2.40. The third kappa shape index (κ3) is 3.46. The molecule has 1 aromatic heterocycles. The molecule has 0 aromatic carbocycles. The van der Waals surface area contributed by atoms with Crippen LogP contribution in [0.1, 0.15) is 16.1 Å². The van der Waals surface area contributed by atoms with Crippen molar-refractivity contribution in [1.29, 1.82) is 0 Å². The molecule has 0 aliphatic carbocycles. The molecule has 1 rings (SSSR count). The van der Waals surface area contributed by atoms with Crippen molar-refractivity contribution in [1.82, 2.24) is 4.98 Å². The van der Waals surface area contributed by atoms with Crippen LogP contribution in [0.4, 0.5) is 26.3 Å². The largest absolute Gasteiger partial charge is 0.573 e. The summed E-state index contributed by atoms with van der Waals surface area (Å²) in [6.07, 6.45) is -9.94. The molecule has 0 amide bonds. The highest BCUT2D eigenvalue weighted by Crippen LogP contribution is 2.39. The standard InChI is InChI=1S/C8H2F6INO2/c9-7(10,11)5-3(2-17)16-1-4(6(5)15)18-8(12,13)14/h1-2H. The first kappa shape index (κ1) is 15.0. The Morgan fingerprint density at radius 3 is 2.17 bits per heavy atom. The van der Waals surface area contributed by atoms with Gasteiger partial charge in [-0.25, -0.2) is 4.98 Å². The van der Waals surface area contributed by atoms with Gasteiger partial charge in [-0.2, -0.15) is 13.2 Å². The minimum atomic E-state index is -5.15. The van der Waals surface area contributed by atoms with E-state index in [1.807, 2.05) is 0 Å². The minimum Gasteiger partial charge on any atom is -0.403 e. The van der Waals surface area contributed by atoms with Crippen LogP contribution in [-0.2, 0) is 6.18 Å². The highest BCUT2D eigenvalue weighted by molar-refractivity contribution is 14.1. The van der Waals surface area contributed by atoms with Gasteiger partial charge >= 0.3 is 12.5 Å². The normalized spacial score (nSPS) is 12.4. The van der Waals surface area contributed by atoms with Crippen LogP contribution in [0, 0.1) is 3.57 Å². The molecule has 0 saturated carbocycles. The van der Waals surface area contributed by atoms with Crippen molar-refractivity contribution in [3.05, 3.63) is 21.0 Å². The predicted octanol–water partition coefficient (Wildman–Crippen LogP) is 3.42. The topological polar surface area (TPSA) is 39.2 Å². The number of aldehydes is 1. The summed E-state index contributed by atoms with van der Waals surface area (Å²) in [5.74, 6) is -1.11. The molecule has 0 radical (unpaired) electrons. The summed E-state index contributed by atoms with van der Waals surface area (Å²) in [5, 5.41) is 0. The molecule has 0 saturated heterocycles. The zero-order valence-electron chi connectivity index (χ0n) is 8.06. The molecule has 100 valence electrons. The maximum absolute atomic E-state index is 12.6. The second-order valence-electron chi connectivity index (χ2n) is 2.86. The summed E-state index contributed by atoms with van der Waals surface area (Å²) < 4.78 is 76.0. The molecule has 0 atom stereocenters. The van der Waals surface area contributed by atoms with E-state index >= 15 is 0 Å². The van der Waals surface area contributed by atoms with Crippen molar-refractivity contribution < 1.29 is 35.9 Å². The van der Waals surface area contributed by atoms with Gasteiger partial charge in [0.15, 0.2) is 12.0 Å². The van der Waals surface area contributed by atoms with Crippen LogP contribution >= 0.6 is 22.6 Å². The lowest BCUT2D eigenvalue weighted by atomic mass is 10.2. The van der Waals surface area contributed by atoms with E-state index in [9.17, 15) is 31.1 Å². The zero-order valence-corrected chi connectivity index (χ0v) is 10.2. The molecular formula is C8H2F6INO2. The van der Waals surface area contributed by atoms with E-state index in [0.29, 0.717) is 6.20 Å². The Balaban J connectivity index is 3.39. The summed E-state index contributed by atoms with van der Waals surface area (Å²) in [7, 11) is 0. The van der Waals surface area contributed by atoms with Crippen LogP contribution in [0.25, 0.3) is 0 Å². The van der Waals surface area contributed by atoms with Crippen molar-refractivity contribution in [2.24, 2.45) is 0 Å². The van der Waals surface area contributed by atoms with E-state index in [2.05, 4.69) is 9.72 Å². The third-order valence-corrected chi connectivity index (χ3v) is 2.70. The lowest BCUT2D eigenvalue weighted by molar-refractivity contribution is -0.275. The SMILES string of the molecule is O=Cc1ncc(OC(F)(F)F)c(I)c1C(F)(F)F. The highest BCUT2D eigenvalue weighted by atomic mass is 127. The average molecular weight is 385 g/mol. The predicted molar refractivity (Wildman–Crippen MR) is 54.0 cm³/mol. The van der Waals surface area contributed by atoms with Gasteiger partial charge in [0.1, 0.15) is 11.3 Å². The van der Waals surface area contributed by atoms with E-state index in [0.717, 1.165) is 22.6 Å². The fraction of sp³-hybridized carbons (Fsp3) is 0.250. The van der Waals surface area contributed by atoms with Crippen molar-refractivity contribution in [3.63, 3.8) is 0 Å². The number of aromatic nitrogens is 1. The number of hydrogen-bond acceptors (Lipinski definition) is 3. The number of nitrogens with zero attached hydrogens (tertiary/aromatic N) is 1. The Hall–Kier alpha value is -1.07. The van der Waals surface area contributed by atoms with Gasteiger partial charge in [0, 0.05) is 0 Å². The number of alkyl halides is 6. The van der Waals surface area contributed by atoms with Crippen LogP contribution in [-0.4, -0.2) is 17.6 Å². The summed E-state index contributed by atoms with van der Waals surface area (Å²) in [5.41, 5.74) is -2.55. The monoisotopic (exact) mass is 385 g/mol. The van der Waals surface area contributed by atoms with Crippen LogP contribution < -0.4 is 4.74 Å². The van der Waals surface area contributed by atoms with Gasteiger partial charge in [0.05, 0.1) is 9.77 Å². The van der Waals surface area contributed by atoms with Crippen molar-refractivity contribution in [3.8, 4) is 5.75 Å². The van der Waals surface area contributed by atoms with Gasteiger partial charge in [-0.1, -0.05) is 0 Å². The second kappa shape index (κ2) is 4.90. The zero-order chi connectivity index (χ0) is 14.1. The van der Waals surface area contributed by atoms with Crippen molar-refractivity contribution in [2.45, 2.75) is 12.5 Å². The van der Waals surface area contributed by atoms with Gasteiger partial charge in [-0.05, 0) is 22.6 Å². The molecular weight excluding hydrogens is 383 g/mol. The molecule has 0 fully saturated rings. The second-order valence-corrected chi connectivity index (χ2v) is 3.94. The molecule has 1 heterocycles. The Morgan fingerprint density at radius 1 is 1.22 bits per heavy atom. The Morgan fingerprint density at radius 2 is 1.78 bits per heavy atom. The summed E-state index contributed by atoms with van der Waals surface area (Å²) in [4.78, 5) is 13.4. The Labute approximate surface area is 109 Å². The summed E-state index contributed by atoms with van der Waals surface area (Å²) >= 11 is 1.01. The molecule has 0 aliphatic rings. The number of halogens is 7. The first-order valence-electron chi connectivity index (χ1n) is 4.03. The number of carbonyl (C=O) groups is 1. The van der Waals surface area contributed by atoms with E-state index in [-0.39, 0.29) is 6.29 Å². The van der Waals surface area contributed by atoms with Crippen LogP contribution in [0.5, 0.6) is 5.75 Å². The lowest BCUT2D eigenvalue weighted by Gasteiger charge is -2.15. The van der Waals surface area contributed by atoms with Gasteiger partial charge in [0.25, 0.3) is 0 Å². The molecule has 10 heteroatoms. The van der Waals surface area contributed by atoms with Crippen LogP contribution in [0.2, 0.25) is 0 Å². The first-order chi connectivity index (χ1) is 8.06. The van der Waals surface area contributed by atoms with Crippen LogP contribution in [0.3, 0.4) is 0 Å². The maximum Gasteiger partial charge on any atom is 0.573 e. The fourth-order valence-corrected chi connectivity index (χ4v) is 1.87. The van der Waals surface area contributed by atoms with E-state index in [1.165, 1.54) is 0 Å². The number of rotatable bonds is 2. The molecule has 18 heavy (non-hydrogen) atoms. The third-order valence-electron chi connectivity index (χ3n) is 1.63. The van der Waals surface area contributed by atoms with Gasteiger partial charge in [-0.15, -0.1) is 13.2 Å². The molecule has 1 aromatic rings. The molecule has 0 spiro atoms. The molecule has 0 aliphatic heterocycles. The summed E-state index contributed by atoms with van der Waals surface area (Å²) in [6, 6.07) is 0. The molecule has 0 unspecified atom stereocenters. The summed E-state index contributed by atoms with van der Waals surface area (Å²) in [6.45, 7) is 0. The van der Waals surface area contributed by atoms with E-state index in [1.54, 1.807) is 0 Å². The van der Waals surface area contributed by atoms with Crippen LogP contribution in [0.15, 0.2) is 6.20 Å². The minimum absolute atomic E-state index is 0.192.